The second-order valence-corrected chi connectivity index (χ2v) is 15.5. The molecule has 0 aliphatic carbocycles. The van der Waals surface area contributed by atoms with Crippen molar-refractivity contribution >= 4 is 8.32 Å². The van der Waals surface area contributed by atoms with Gasteiger partial charge in [-0.2, -0.15) is 0 Å². The summed E-state index contributed by atoms with van der Waals surface area (Å²) < 4.78 is 30.4. The van der Waals surface area contributed by atoms with E-state index in [0.29, 0.717) is 19.8 Å². The molecule has 1 N–H and O–H groups in total. The molecule has 4 atom stereocenters. The molecule has 0 unspecified atom stereocenters. The van der Waals surface area contributed by atoms with E-state index in [0.717, 1.165) is 11.1 Å². The Hall–Kier alpha value is -1.84. The molecule has 37 heavy (non-hydrogen) atoms. The van der Waals surface area contributed by atoms with Crippen molar-refractivity contribution in [2.75, 3.05) is 20.5 Å². The second kappa shape index (κ2) is 15.5. The molecule has 0 spiro atoms. The predicted molar refractivity (Wildman–Crippen MR) is 151 cm³/mol. The minimum Gasteiger partial charge on any atom is -0.414 e. The van der Waals surface area contributed by atoms with E-state index in [1.807, 2.05) is 79.7 Å². The first-order chi connectivity index (χ1) is 17.6. The Balaban J connectivity index is 2.36. The van der Waals surface area contributed by atoms with Crippen molar-refractivity contribution in [2.45, 2.75) is 83.5 Å². The van der Waals surface area contributed by atoms with E-state index < -0.39 is 32.7 Å². The molecule has 0 saturated carbocycles. The molecule has 206 valence electrons. The molecule has 0 saturated heterocycles. The molecule has 0 heterocycles. The Labute approximate surface area is 224 Å². The summed E-state index contributed by atoms with van der Waals surface area (Å²) in [6, 6.07) is 19.9. The minimum absolute atomic E-state index is 0.0328. The fourth-order valence-electron chi connectivity index (χ4n) is 3.51. The van der Waals surface area contributed by atoms with Crippen LogP contribution in [0.2, 0.25) is 18.1 Å². The lowest BCUT2D eigenvalue weighted by Crippen LogP contribution is -2.51. The SMILES string of the molecule is C/C=C/[C@H](OCOC)[C@H](O)[C@@H](OCc1ccccc1)[C@H](CO[Si](C)(C)C(C)(C)C)OCc1ccccc1. The van der Waals surface area contributed by atoms with Gasteiger partial charge >= 0.3 is 0 Å². The van der Waals surface area contributed by atoms with E-state index >= 15 is 0 Å². The van der Waals surface area contributed by atoms with Gasteiger partial charge in [0.25, 0.3) is 0 Å². The molecule has 2 aromatic carbocycles. The third kappa shape index (κ3) is 10.4. The van der Waals surface area contributed by atoms with Crippen molar-refractivity contribution < 1.29 is 28.5 Å². The van der Waals surface area contributed by atoms with Gasteiger partial charge in [0.05, 0.1) is 19.8 Å². The lowest BCUT2D eigenvalue weighted by molar-refractivity contribution is -0.178. The molecule has 0 radical (unpaired) electrons. The summed E-state index contributed by atoms with van der Waals surface area (Å²) in [7, 11) is -0.532. The van der Waals surface area contributed by atoms with Crippen LogP contribution in [0.15, 0.2) is 72.8 Å². The molecular formula is C30H46O6Si. The van der Waals surface area contributed by atoms with Gasteiger partial charge in [0.15, 0.2) is 8.32 Å². The number of benzene rings is 2. The highest BCUT2D eigenvalue weighted by Crippen LogP contribution is 2.37. The van der Waals surface area contributed by atoms with Crippen LogP contribution in [0.1, 0.15) is 38.8 Å². The highest BCUT2D eigenvalue weighted by atomic mass is 28.4. The fraction of sp³-hybridized carbons (Fsp3) is 0.533. The monoisotopic (exact) mass is 530 g/mol. The van der Waals surface area contributed by atoms with E-state index in [-0.39, 0.29) is 11.8 Å². The van der Waals surface area contributed by atoms with Gasteiger partial charge in [-0.1, -0.05) is 93.6 Å². The van der Waals surface area contributed by atoms with Crippen LogP contribution in [0.5, 0.6) is 0 Å². The normalized spacial score (nSPS) is 16.0. The largest absolute Gasteiger partial charge is 0.414 e. The van der Waals surface area contributed by atoms with Gasteiger partial charge in [0.2, 0.25) is 0 Å². The first-order valence-electron chi connectivity index (χ1n) is 13.0. The maximum absolute atomic E-state index is 11.6. The van der Waals surface area contributed by atoms with Crippen LogP contribution in [0.25, 0.3) is 0 Å². The van der Waals surface area contributed by atoms with Crippen molar-refractivity contribution in [1.82, 2.24) is 0 Å². The van der Waals surface area contributed by atoms with Gasteiger partial charge in [0.1, 0.15) is 31.2 Å². The number of hydrogen-bond donors (Lipinski definition) is 1. The summed E-state index contributed by atoms with van der Waals surface area (Å²) >= 11 is 0. The topological polar surface area (TPSA) is 66.4 Å². The average Bonchev–Trinajstić information content (AvgIpc) is 2.88. The summed E-state index contributed by atoms with van der Waals surface area (Å²) in [5, 5.41) is 11.6. The Kier molecular flexibility index (Phi) is 13.2. The van der Waals surface area contributed by atoms with E-state index in [2.05, 4.69) is 33.9 Å². The van der Waals surface area contributed by atoms with Gasteiger partial charge in [0, 0.05) is 7.11 Å². The van der Waals surface area contributed by atoms with Gasteiger partial charge in [-0.15, -0.1) is 0 Å². The molecule has 7 heteroatoms. The standard InChI is InChI=1S/C30H46O6Si/c1-8-15-26(35-23-32-5)28(31)29(34-21-25-18-13-10-14-19-25)27(22-36-37(6,7)30(2,3)4)33-20-24-16-11-9-12-17-24/h8-19,26-29,31H,20-23H2,1-7H3/b15-8+/t26-,27-,28-,29-/m0/s1. The third-order valence-electron chi connectivity index (χ3n) is 6.81. The van der Waals surface area contributed by atoms with E-state index in [1.54, 1.807) is 7.11 Å². The number of aliphatic hydroxyl groups excluding tert-OH is 1. The highest BCUT2D eigenvalue weighted by Gasteiger charge is 2.41. The number of ether oxygens (including phenoxy) is 4. The van der Waals surface area contributed by atoms with Gasteiger partial charge in [-0.3, -0.25) is 0 Å². The van der Waals surface area contributed by atoms with Crippen LogP contribution in [0.3, 0.4) is 0 Å². The summed E-state index contributed by atoms with van der Waals surface area (Å²) in [5.74, 6) is 0. The Morgan fingerprint density at radius 2 is 1.41 bits per heavy atom. The summed E-state index contributed by atoms with van der Waals surface area (Å²) in [6.45, 7) is 14.0. The Morgan fingerprint density at radius 1 is 0.865 bits per heavy atom. The van der Waals surface area contributed by atoms with Crippen molar-refractivity contribution in [2.24, 2.45) is 0 Å². The maximum Gasteiger partial charge on any atom is 0.192 e. The van der Waals surface area contributed by atoms with Crippen molar-refractivity contribution in [3.63, 3.8) is 0 Å². The van der Waals surface area contributed by atoms with Crippen LogP contribution >= 0.6 is 0 Å². The van der Waals surface area contributed by atoms with E-state index in [9.17, 15) is 5.11 Å². The number of allylic oxidation sites excluding steroid dienone is 1. The molecule has 2 rings (SSSR count). The molecule has 0 bridgehead atoms. The number of aliphatic hydroxyl groups is 1. The number of hydrogen-bond acceptors (Lipinski definition) is 6. The molecule has 0 aliphatic heterocycles. The molecule has 0 amide bonds. The van der Waals surface area contributed by atoms with Crippen LogP contribution in [0, 0.1) is 0 Å². The molecule has 0 aromatic heterocycles. The molecule has 0 aliphatic rings. The third-order valence-corrected chi connectivity index (χ3v) is 11.3. The maximum atomic E-state index is 11.6. The number of rotatable bonds is 16. The first-order valence-corrected chi connectivity index (χ1v) is 15.9. The molecular weight excluding hydrogens is 484 g/mol. The summed E-state index contributed by atoms with van der Waals surface area (Å²) in [4.78, 5) is 0. The highest BCUT2D eigenvalue weighted by molar-refractivity contribution is 6.74. The first kappa shape index (κ1) is 31.4. The average molecular weight is 531 g/mol. The smallest absolute Gasteiger partial charge is 0.192 e. The lowest BCUT2D eigenvalue weighted by Gasteiger charge is -2.39. The zero-order valence-corrected chi connectivity index (χ0v) is 24.6. The van der Waals surface area contributed by atoms with Crippen molar-refractivity contribution in [3.8, 4) is 0 Å². The van der Waals surface area contributed by atoms with Crippen molar-refractivity contribution in [1.29, 1.82) is 0 Å². The Morgan fingerprint density at radius 3 is 1.89 bits per heavy atom. The van der Waals surface area contributed by atoms with Gasteiger partial charge in [-0.25, -0.2) is 0 Å². The minimum atomic E-state index is -2.09. The van der Waals surface area contributed by atoms with Crippen LogP contribution in [-0.4, -0.2) is 58.3 Å². The molecule has 0 fully saturated rings. The zero-order valence-electron chi connectivity index (χ0n) is 23.6. The van der Waals surface area contributed by atoms with Crippen LogP contribution < -0.4 is 0 Å². The number of methoxy groups -OCH3 is 1. The van der Waals surface area contributed by atoms with Crippen molar-refractivity contribution in [3.05, 3.63) is 83.9 Å². The second-order valence-electron chi connectivity index (χ2n) is 10.7. The van der Waals surface area contributed by atoms with Gasteiger partial charge in [-0.05, 0) is 36.2 Å². The Bertz CT molecular complexity index is 897. The van der Waals surface area contributed by atoms with Crippen LogP contribution in [0.4, 0.5) is 0 Å². The molecule has 6 nitrogen and oxygen atoms in total. The zero-order chi connectivity index (χ0) is 27.3. The fourth-order valence-corrected chi connectivity index (χ4v) is 4.52. The summed E-state index contributed by atoms with van der Waals surface area (Å²) in [6.07, 6.45) is 0.758. The quantitative estimate of drug-likeness (QED) is 0.161. The van der Waals surface area contributed by atoms with E-state index in [4.69, 9.17) is 23.4 Å². The predicted octanol–water partition coefficient (Wildman–Crippen LogP) is 6.11. The summed E-state index contributed by atoms with van der Waals surface area (Å²) in [5.41, 5.74) is 2.05. The van der Waals surface area contributed by atoms with E-state index in [1.165, 1.54) is 0 Å². The lowest BCUT2D eigenvalue weighted by atomic mass is 10.0. The van der Waals surface area contributed by atoms with Crippen LogP contribution in [-0.2, 0) is 36.6 Å². The molecule has 2 aromatic rings. The van der Waals surface area contributed by atoms with Gasteiger partial charge < -0.3 is 28.5 Å².